The van der Waals surface area contributed by atoms with E-state index in [-0.39, 0.29) is 18.6 Å². The van der Waals surface area contributed by atoms with Crippen LogP contribution in [0.2, 0.25) is 0 Å². The Hall–Kier alpha value is -3.03. The van der Waals surface area contributed by atoms with E-state index in [2.05, 4.69) is 15.4 Å². The van der Waals surface area contributed by atoms with E-state index < -0.39 is 0 Å². The lowest BCUT2D eigenvalue weighted by atomic mass is 10.1. The fourth-order valence-corrected chi connectivity index (χ4v) is 3.67. The summed E-state index contributed by atoms with van der Waals surface area (Å²) in [6.45, 7) is -0.139. The van der Waals surface area contributed by atoms with Gasteiger partial charge >= 0.3 is 0 Å². The molecule has 2 aromatic heterocycles. The minimum Gasteiger partial charge on any atom is -0.394 e. The number of benzene rings is 2. The number of fused-ring (bicyclic) bond motifs is 1. The summed E-state index contributed by atoms with van der Waals surface area (Å²) in [5.41, 5.74) is 3.58. The molecule has 0 aliphatic rings. The van der Waals surface area contributed by atoms with Gasteiger partial charge in [-0.05, 0) is 18.1 Å². The molecule has 2 heterocycles. The van der Waals surface area contributed by atoms with Crippen LogP contribution in [-0.2, 0) is 6.42 Å². The van der Waals surface area contributed by atoms with Crippen molar-refractivity contribution in [2.24, 2.45) is 0 Å². The van der Waals surface area contributed by atoms with E-state index >= 15 is 0 Å². The zero-order valence-corrected chi connectivity index (χ0v) is 15.3. The Morgan fingerprint density at radius 1 is 1.15 bits per heavy atom. The van der Waals surface area contributed by atoms with Crippen molar-refractivity contribution >= 4 is 28.1 Å². The fraction of sp³-hybridized carbons (Fsp3) is 0.150. The minimum atomic E-state index is -0.371. The van der Waals surface area contributed by atoms with Crippen LogP contribution in [0, 0.1) is 0 Å². The first-order valence-corrected chi connectivity index (χ1v) is 9.46. The molecule has 2 aromatic carbocycles. The summed E-state index contributed by atoms with van der Waals surface area (Å²) in [5.74, 6) is 0.233. The molecule has 1 amide bonds. The van der Waals surface area contributed by atoms with Gasteiger partial charge in [-0.3, -0.25) is 4.79 Å². The van der Waals surface area contributed by atoms with E-state index in [0.717, 1.165) is 16.5 Å². The van der Waals surface area contributed by atoms with Gasteiger partial charge in [0.05, 0.1) is 29.9 Å². The SMILES string of the molecule is O=C(NC(CO)Cc1ccccc1)c1scnc1-n1ncc2ccccc21. The molecule has 0 saturated heterocycles. The molecule has 4 rings (SSSR count). The maximum absolute atomic E-state index is 12.8. The molecule has 0 aliphatic carbocycles. The smallest absolute Gasteiger partial charge is 0.265 e. The second kappa shape index (κ2) is 7.69. The number of aromatic nitrogens is 3. The van der Waals surface area contributed by atoms with Crippen molar-refractivity contribution < 1.29 is 9.90 Å². The molecule has 136 valence electrons. The topological polar surface area (TPSA) is 80.0 Å². The second-order valence-electron chi connectivity index (χ2n) is 6.16. The van der Waals surface area contributed by atoms with Gasteiger partial charge in [-0.25, -0.2) is 9.67 Å². The average Bonchev–Trinajstić information content (AvgIpc) is 3.34. The van der Waals surface area contributed by atoms with Gasteiger partial charge in [0, 0.05) is 5.39 Å². The molecule has 0 spiro atoms. The number of nitrogens with one attached hydrogen (secondary N) is 1. The summed E-state index contributed by atoms with van der Waals surface area (Å²) in [5, 5.41) is 18.0. The highest BCUT2D eigenvalue weighted by Crippen LogP contribution is 2.22. The van der Waals surface area contributed by atoms with Crippen molar-refractivity contribution in [3.63, 3.8) is 0 Å². The number of carbonyl (C=O) groups is 1. The molecule has 1 unspecified atom stereocenters. The highest BCUT2D eigenvalue weighted by molar-refractivity contribution is 7.12. The lowest BCUT2D eigenvalue weighted by Gasteiger charge is -2.16. The van der Waals surface area contributed by atoms with Crippen LogP contribution in [-0.4, -0.2) is 38.4 Å². The zero-order valence-electron chi connectivity index (χ0n) is 14.4. The monoisotopic (exact) mass is 378 g/mol. The van der Waals surface area contributed by atoms with Crippen LogP contribution in [0.25, 0.3) is 16.7 Å². The van der Waals surface area contributed by atoms with Gasteiger partial charge in [0.15, 0.2) is 5.82 Å². The first-order chi connectivity index (χ1) is 13.3. The van der Waals surface area contributed by atoms with Gasteiger partial charge in [0.1, 0.15) is 4.88 Å². The van der Waals surface area contributed by atoms with Crippen LogP contribution in [0.5, 0.6) is 0 Å². The van der Waals surface area contributed by atoms with E-state index in [1.165, 1.54) is 11.3 Å². The van der Waals surface area contributed by atoms with Crippen molar-refractivity contribution in [2.45, 2.75) is 12.5 Å². The molecule has 7 heteroatoms. The maximum atomic E-state index is 12.8. The number of thiazole rings is 1. The van der Waals surface area contributed by atoms with Crippen molar-refractivity contribution in [3.8, 4) is 5.82 Å². The fourth-order valence-electron chi connectivity index (χ4n) is 3.00. The molecule has 2 N–H and O–H groups in total. The Labute approximate surface area is 160 Å². The molecular formula is C20H18N4O2S. The molecular weight excluding hydrogens is 360 g/mol. The summed E-state index contributed by atoms with van der Waals surface area (Å²) < 4.78 is 1.67. The van der Waals surface area contributed by atoms with Gasteiger partial charge in [-0.15, -0.1) is 11.3 Å². The standard InChI is InChI=1S/C20H18N4O2S/c25-12-16(10-14-6-2-1-3-7-14)23-20(26)18-19(21-13-27-18)24-17-9-5-4-8-15(17)11-22-24/h1-9,11,13,16,25H,10,12H2,(H,23,26). The van der Waals surface area contributed by atoms with Crippen LogP contribution in [0.4, 0.5) is 0 Å². The number of rotatable bonds is 6. The third kappa shape index (κ3) is 3.60. The Bertz CT molecular complexity index is 1060. The largest absolute Gasteiger partial charge is 0.394 e. The number of hydrogen-bond donors (Lipinski definition) is 2. The second-order valence-corrected chi connectivity index (χ2v) is 7.02. The zero-order chi connectivity index (χ0) is 18.6. The summed E-state index contributed by atoms with van der Waals surface area (Å²) in [6, 6.07) is 17.2. The van der Waals surface area contributed by atoms with E-state index in [9.17, 15) is 9.90 Å². The molecule has 4 aromatic rings. The summed E-state index contributed by atoms with van der Waals surface area (Å²) in [4.78, 5) is 17.6. The quantitative estimate of drug-likeness (QED) is 0.541. The normalized spacial score (nSPS) is 12.2. The van der Waals surface area contributed by atoms with Gasteiger partial charge in [-0.1, -0.05) is 48.5 Å². The van der Waals surface area contributed by atoms with Crippen LogP contribution >= 0.6 is 11.3 Å². The summed E-state index contributed by atoms with van der Waals surface area (Å²) >= 11 is 1.26. The van der Waals surface area contributed by atoms with Gasteiger partial charge in [-0.2, -0.15) is 5.10 Å². The lowest BCUT2D eigenvalue weighted by molar-refractivity contribution is 0.0920. The molecule has 0 radical (unpaired) electrons. The van der Waals surface area contributed by atoms with E-state index in [1.807, 2.05) is 54.6 Å². The lowest BCUT2D eigenvalue weighted by Crippen LogP contribution is -2.39. The molecule has 0 fully saturated rings. The third-order valence-corrected chi connectivity index (χ3v) is 5.13. The Balaban J connectivity index is 1.57. The predicted molar refractivity (Wildman–Crippen MR) is 105 cm³/mol. The number of amides is 1. The van der Waals surface area contributed by atoms with Gasteiger partial charge in [0.2, 0.25) is 0 Å². The summed E-state index contributed by atoms with van der Waals surface area (Å²) in [7, 11) is 0. The molecule has 0 bridgehead atoms. The maximum Gasteiger partial charge on any atom is 0.265 e. The Kier molecular flexibility index (Phi) is 4.95. The third-order valence-electron chi connectivity index (χ3n) is 4.31. The molecule has 0 aliphatic heterocycles. The van der Waals surface area contributed by atoms with Crippen molar-refractivity contribution in [2.75, 3.05) is 6.61 Å². The highest BCUT2D eigenvalue weighted by Gasteiger charge is 2.21. The number of aliphatic hydroxyl groups excluding tert-OH is 1. The van der Waals surface area contributed by atoms with Crippen LogP contribution in [0.3, 0.4) is 0 Å². The van der Waals surface area contributed by atoms with Gasteiger partial charge in [0.25, 0.3) is 5.91 Å². The number of carbonyl (C=O) groups excluding carboxylic acids is 1. The van der Waals surface area contributed by atoms with Crippen molar-refractivity contribution in [1.29, 1.82) is 0 Å². The number of nitrogens with zero attached hydrogens (tertiary/aromatic N) is 3. The molecule has 27 heavy (non-hydrogen) atoms. The number of aliphatic hydroxyl groups is 1. The molecule has 0 saturated carbocycles. The van der Waals surface area contributed by atoms with Crippen molar-refractivity contribution in [1.82, 2.24) is 20.1 Å². The summed E-state index contributed by atoms with van der Waals surface area (Å²) in [6.07, 6.45) is 2.31. The Morgan fingerprint density at radius 3 is 2.74 bits per heavy atom. The molecule has 6 nitrogen and oxygen atoms in total. The van der Waals surface area contributed by atoms with E-state index in [4.69, 9.17) is 0 Å². The Morgan fingerprint density at radius 2 is 1.93 bits per heavy atom. The van der Waals surface area contributed by atoms with Crippen LogP contribution in [0.1, 0.15) is 15.2 Å². The first-order valence-electron chi connectivity index (χ1n) is 8.58. The van der Waals surface area contributed by atoms with E-state index in [0.29, 0.717) is 17.1 Å². The highest BCUT2D eigenvalue weighted by atomic mass is 32.1. The van der Waals surface area contributed by atoms with Crippen LogP contribution in [0.15, 0.2) is 66.3 Å². The average molecular weight is 378 g/mol. The minimum absolute atomic E-state index is 0.139. The van der Waals surface area contributed by atoms with Crippen molar-refractivity contribution in [3.05, 3.63) is 76.7 Å². The molecule has 1 atom stereocenters. The van der Waals surface area contributed by atoms with Crippen LogP contribution < -0.4 is 5.32 Å². The predicted octanol–water partition coefficient (Wildman–Crippen LogP) is 2.82. The first kappa shape index (κ1) is 17.4. The van der Waals surface area contributed by atoms with E-state index in [1.54, 1.807) is 16.4 Å². The number of para-hydroxylation sites is 1. The van der Waals surface area contributed by atoms with Gasteiger partial charge < -0.3 is 10.4 Å². The number of hydrogen-bond acceptors (Lipinski definition) is 5.